The van der Waals surface area contributed by atoms with Gasteiger partial charge < -0.3 is 10.2 Å². The Balaban J connectivity index is 1.65. The Labute approximate surface area is 150 Å². The van der Waals surface area contributed by atoms with Crippen LogP contribution in [-0.4, -0.2) is 32.0 Å². The lowest BCUT2D eigenvalue weighted by Crippen LogP contribution is -2.35. The molecule has 0 atom stereocenters. The highest BCUT2D eigenvalue weighted by atomic mass is 32.1. The second-order valence-electron chi connectivity index (χ2n) is 6.11. The SMILES string of the molecule is C=CC(=O)N(Cc1cnsc1)c1cnn(CC(=O)NC2CCCC2)c1. The van der Waals surface area contributed by atoms with Gasteiger partial charge in [-0.15, -0.1) is 0 Å². The molecule has 8 heteroatoms. The van der Waals surface area contributed by atoms with Gasteiger partial charge in [-0.05, 0) is 30.5 Å². The molecule has 0 aromatic carbocycles. The highest BCUT2D eigenvalue weighted by Gasteiger charge is 2.19. The van der Waals surface area contributed by atoms with Crippen LogP contribution in [0.25, 0.3) is 0 Å². The molecule has 0 unspecified atom stereocenters. The molecular formula is C17H21N5O2S. The van der Waals surface area contributed by atoms with Crippen LogP contribution in [0, 0.1) is 0 Å². The van der Waals surface area contributed by atoms with Crippen molar-refractivity contribution in [1.82, 2.24) is 19.5 Å². The number of amides is 2. The van der Waals surface area contributed by atoms with Gasteiger partial charge in [-0.2, -0.15) is 5.10 Å². The summed E-state index contributed by atoms with van der Waals surface area (Å²) in [6.07, 6.45) is 10.7. The topological polar surface area (TPSA) is 80.1 Å². The predicted molar refractivity (Wildman–Crippen MR) is 96.1 cm³/mol. The van der Waals surface area contributed by atoms with Gasteiger partial charge in [0, 0.05) is 29.4 Å². The molecule has 0 saturated heterocycles. The fourth-order valence-electron chi connectivity index (χ4n) is 2.96. The average molecular weight is 359 g/mol. The molecule has 25 heavy (non-hydrogen) atoms. The first-order valence-corrected chi connectivity index (χ1v) is 9.13. The summed E-state index contributed by atoms with van der Waals surface area (Å²) in [7, 11) is 0. The summed E-state index contributed by atoms with van der Waals surface area (Å²) in [6.45, 7) is 4.09. The molecule has 0 bridgehead atoms. The quantitative estimate of drug-likeness (QED) is 0.768. The summed E-state index contributed by atoms with van der Waals surface area (Å²) in [6, 6.07) is 0.285. The van der Waals surface area contributed by atoms with Crippen LogP contribution in [0.5, 0.6) is 0 Å². The summed E-state index contributed by atoms with van der Waals surface area (Å²) in [4.78, 5) is 25.9. The van der Waals surface area contributed by atoms with E-state index < -0.39 is 0 Å². The molecule has 0 aliphatic heterocycles. The summed E-state index contributed by atoms with van der Waals surface area (Å²) in [5.41, 5.74) is 1.57. The van der Waals surface area contributed by atoms with Crippen molar-refractivity contribution < 1.29 is 9.59 Å². The third-order valence-corrected chi connectivity index (χ3v) is 4.86. The van der Waals surface area contributed by atoms with Crippen molar-refractivity contribution in [3.63, 3.8) is 0 Å². The standard InChI is InChI=1S/C17H21N5O2S/c1-2-17(24)22(9-13-7-19-25-12-13)15-8-18-21(10-15)11-16(23)20-14-5-3-4-6-14/h2,7-8,10,12,14H,1,3-6,9,11H2,(H,20,23). The van der Waals surface area contributed by atoms with Crippen LogP contribution >= 0.6 is 11.5 Å². The predicted octanol–water partition coefficient (Wildman–Crippen LogP) is 2.12. The van der Waals surface area contributed by atoms with E-state index in [0.29, 0.717) is 12.2 Å². The second kappa shape index (κ2) is 8.06. The van der Waals surface area contributed by atoms with E-state index >= 15 is 0 Å². The van der Waals surface area contributed by atoms with Crippen LogP contribution < -0.4 is 10.2 Å². The van der Waals surface area contributed by atoms with Gasteiger partial charge in [-0.3, -0.25) is 14.3 Å². The lowest BCUT2D eigenvalue weighted by Gasteiger charge is -2.18. The molecule has 1 saturated carbocycles. The number of rotatable bonds is 7. The first-order valence-electron chi connectivity index (χ1n) is 8.29. The Morgan fingerprint density at radius 2 is 2.20 bits per heavy atom. The van der Waals surface area contributed by atoms with Crippen molar-refractivity contribution in [3.8, 4) is 0 Å². The molecule has 1 aliphatic rings. The van der Waals surface area contributed by atoms with Gasteiger partial charge in [0.1, 0.15) is 6.54 Å². The van der Waals surface area contributed by atoms with E-state index in [1.54, 1.807) is 28.2 Å². The van der Waals surface area contributed by atoms with Gasteiger partial charge in [0.15, 0.2) is 0 Å². The molecule has 132 valence electrons. The van der Waals surface area contributed by atoms with Crippen molar-refractivity contribution in [2.75, 3.05) is 4.90 Å². The van der Waals surface area contributed by atoms with Crippen LogP contribution in [0.4, 0.5) is 5.69 Å². The van der Waals surface area contributed by atoms with Crippen LogP contribution in [0.15, 0.2) is 36.6 Å². The van der Waals surface area contributed by atoms with Crippen LogP contribution in [0.2, 0.25) is 0 Å². The minimum atomic E-state index is -0.221. The molecule has 1 fully saturated rings. The zero-order valence-electron chi connectivity index (χ0n) is 13.9. The molecule has 1 aliphatic carbocycles. The van der Waals surface area contributed by atoms with Gasteiger partial charge >= 0.3 is 0 Å². The third kappa shape index (κ3) is 4.54. The minimum Gasteiger partial charge on any atom is -0.352 e. The normalized spacial score (nSPS) is 14.4. The monoisotopic (exact) mass is 359 g/mol. The Bertz CT molecular complexity index is 734. The number of carbonyl (C=O) groups excluding carboxylic acids is 2. The minimum absolute atomic E-state index is 0.0508. The van der Waals surface area contributed by atoms with Gasteiger partial charge in [0.05, 0.1) is 18.4 Å². The number of aromatic nitrogens is 3. The number of carbonyl (C=O) groups is 2. The fourth-order valence-corrected chi connectivity index (χ4v) is 3.49. The van der Waals surface area contributed by atoms with Crippen molar-refractivity contribution in [1.29, 1.82) is 0 Å². The van der Waals surface area contributed by atoms with E-state index in [-0.39, 0.29) is 24.4 Å². The van der Waals surface area contributed by atoms with Crippen LogP contribution in [0.1, 0.15) is 31.2 Å². The first-order chi connectivity index (χ1) is 12.2. The Hall–Kier alpha value is -2.48. The van der Waals surface area contributed by atoms with Crippen LogP contribution in [0.3, 0.4) is 0 Å². The van der Waals surface area contributed by atoms with Gasteiger partial charge in [-0.1, -0.05) is 19.4 Å². The Morgan fingerprint density at radius 1 is 1.40 bits per heavy atom. The molecule has 2 amide bonds. The average Bonchev–Trinajstić information content (AvgIpc) is 3.34. The Kier molecular flexibility index (Phi) is 5.60. The summed E-state index contributed by atoms with van der Waals surface area (Å²) < 4.78 is 5.60. The van der Waals surface area contributed by atoms with Crippen LogP contribution in [-0.2, 0) is 22.7 Å². The molecule has 1 N–H and O–H groups in total. The third-order valence-electron chi connectivity index (χ3n) is 4.22. The molecule has 2 heterocycles. The smallest absolute Gasteiger partial charge is 0.250 e. The maximum atomic E-state index is 12.2. The van der Waals surface area contributed by atoms with Gasteiger partial charge in [0.2, 0.25) is 5.91 Å². The van der Waals surface area contributed by atoms with E-state index in [4.69, 9.17) is 0 Å². The zero-order chi connectivity index (χ0) is 17.6. The summed E-state index contributed by atoms with van der Waals surface area (Å²) in [5.74, 6) is -0.272. The number of hydrogen-bond acceptors (Lipinski definition) is 5. The van der Waals surface area contributed by atoms with E-state index in [9.17, 15) is 9.59 Å². The van der Waals surface area contributed by atoms with E-state index in [0.717, 1.165) is 18.4 Å². The Morgan fingerprint density at radius 3 is 2.88 bits per heavy atom. The fraction of sp³-hybridized carbons (Fsp3) is 0.412. The lowest BCUT2D eigenvalue weighted by atomic mass is 10.2. The number of nitrogens with one attached hydrogen (secondary N) is 1. The van der Waals surface area contributed by atoms with Crippen molar-refractivity contribution in [2.24, 2.45) is 0 Å². The summed E-state index contributed by atoms with van der Waals surface area (Å²) in [5, 5.41) is 9.14. The molecule has 2 aromatic heterocycles. The molecule has 0 radical (unpaired) electrons. The lowest BCUT2D eigenvalue weighted by molar-refractivity contribution is -0.122. The number of nitrogens with zero attached hydrogens (tertiary/aromatic N) is 4. The van der Waals surface area contributed by atoms with E-state index in [1.807, 2.05) is 5.38 Å². The molecule has 0 spiro atoms. The van der Waals surface area contributed by atoms with E-state index in [2.05, 4.69) is 21.4 Å². The van der Waals surface area contributed by atoms with Crippen molar-refractivity contribution in [3.05, 3.63) is 42.2 Å². The largest absolute Gasteiger partial charge is 0.352 e. The van der Waals surface area contributed by atoms with Crippen molar-refractivity contribution in [2.45, 2.75) is 44.8 Å². The second-order valence-corrected chi connectivity index (χ2v) is 6.76. The highest BCUT2D eigenvalue weighted by molar-refractivity contribution is 7.03. The van der Waals surface area contributed by atoms with Gasteiger partial charge in [-0.25, -0.2) is 4.37 Å². The first kappa shape index (κ1) is 17.3. The molecule has 7 nitrogen and oxygen atoms in total. The highest BCUT2D eigenvalue weighted by Crippen LogP contribution is 2.19. The number of anilines is 1. The molecular weight excluding hydrogens is 338 g/mol. The van der Waals surface area contributed by atoms with Crippen molar-refractivity contribution >= 4 is 29.0 Å². The summed E-state index contributed by atoms with van der Waals surface area (Å²) >= 11 is 1.34. The van der Waals surface area contributed by atoms with Gasteiger partial charge in [0.25, 0.3) is 5.91 Å². The zero-order valence-corrected chi connectivity index (χ0v) is 14.7. The molecule has 3 rings (SSSR count). The maximum Gasteiger partial charge on any atom is 0.250 e. The van der Waals surface area contributed by atoms with E-state index in [1.165, 1.54) is 30.5 Å². The molecule has 2 aromatic rings. The number of hydrogen-bond donors (Lipinski definition) is 1. The maximum absolute atomic E-state index is 12.2.